The van der Waals surface area contributed by atoms with E-state index in [-0.39, 0.29) is 5.56 Å². The SMILES string of the molecule is Cc1ccc2nc3n(c2n1)C[C@H](N)[C@@H](c1cc(F)c(F)cc1F)C3. The van der Waals surface area contributed by atoms with Crippen LogP contribution >= 0.6 is 0 Å². The summed E-state index contributed by atoms with van der Waals surface area (Å²) in [6, 6.07) is 4.77. The summed E-state index contributed by atoms with van der Waals surface area (Å²) in [7, 11) is 0. The summed E-state index contributed by atoms with van der Waals surface area (Å²) >= 11 is 0. The first-order chi connectivity index (χ1) is 11.4. The van der Waals surface area contributed by atoms with Gasteiger partial charge in [-0.15, -0.1) is 0 Å². The predicted molar refractivity (Wildman–Crippen MR) is 83.0 cm³/mol. The molecule has 2 N–H and O–H groups in total. The van der Waals surface area contributed by atoms with Crippen LogP contribution in [0.15, 0.2) is 24.3 Å². The van der Waals surface area contributed by atoms with Gasteiger partial charge >= 0.3 is 0 Å². The van der Waals surface area contributed by atoms with Crippen molar-refractivity contribution in [1.29, 1.82) is 0 Å². The van der Waals surface area contributed by atoms with Crippen molar-refractivity contribution in [2.75, 3.05) is 0 Å². The minimum absolute atomic E-state index is 0.0869. The van der Waals surface area contributed by atoms with Crippen molar-refractivity contribution in [1.82, 2.24) is 14.5 Å². The largest absolute Gasteiger partial charge is 0.326 e. The monoisotopic (exact) mass is 332 g/mol. The van der Waals surface area contributed by atoms with E-state index in [1.54, 1.807) is 0 Å². The van der Waals surface area contributed by atoms with Crippen molar-refractivity contribution in [3.05, 3.63) is 58.8 Å². The first-order valence-electron chi connectivity index (χ1n) is 7.67. The second-order valence-electron chi connectivity index (χ2n) is 6.20. The van der Waals surface area contributed by atoms with Crippen molar-refractivity contribution in [3.8, 4) is 0 Å². The molecule has 0 amide bonds. The molecule has 0 spiro atoms. The Morgan fingerprint density at radius 3 is 2.62 bits per heavy atom. The van der Waals surface area contributed by atoms with Crippen LogP contribution in [0.2, 0.25) is 0 Å². The van der Waals surface area contributed by atoms with E-state index in [2.05, 4.69) is 9.97 Å². The van der Waals surface area contributed by atoms with Crippen LogP contribution in [0.5, 0.6) is 0 Å². The van der Waals surface area contributed by atoms with E-state index in [1.807, 2.05) is 23.6 Å². The van der Waals surface area contributed by atoms with Crippen LogP contribution in [0.3, 0.4) is 0 Å². The van der Waals surface area contributed by atoms with Gasteiger partial charge in [-0.05, 0) is 30.7 Å². The molecule has 0 aliphatic carbocycles. The van der Waals surface area contributed by atoms with Crippen LogP contribution in [0.25, 0.3) is 11.2 Å². The Labute approximate surface area is 136 Å². The number of fused-ring (bicyclic) bond motifs is 3. The van der Waals surface area contributed by atoms with Crippen LogP contribution in [-0.4, -0.2) is 20.6 Å². The molecule has 1 aliphatic rings. The molecule has 0 radical (unpaired) electrons. The average molecular weight is 332 g/mol. The van der Waals surface area contributed by atoms with Gasteiger partial charge in [0.25, 0.3) is 0 Å². The van der Waals surface area contributed by atoms with Crippen LogP contribution in [0.1, 0.15) is 23.0 Å². The summed E-state index contributed by atoms with van der Waals surface area (Å²) in [6.07, 6.45) is 0.346. The number of benzene rings is 1. The molecule has 2 atom stereocenters. The summed E-state index contributed by atoms with van der Waals surface area (Å²) in [5, 5.41) is 0. The molecule has 124 valence electrons. The maximum Gasteiger partial charge on any atom is 0.161 e. The molecule has 1 aromatic carbocycles. The average Bonchev–Trinajstić information content (AvgIpc) is 2.87. The number of aryl methyl sites for hydroxylation is 1. The Kier molecular flexibility index (Phi) is 3.35. The van der Waals surface area contributed by atoms with Crippen molar-refractivity contribution >= 4 is 11.2 Å². The molecule has 24 heavy (non-hydrogen) atoms. The standard InChI is InChI=1S/C17H15F3N4/c1-8-2-3-15-17(22-8)24-7-14(21)10(5-16(24)23-15)9-4-12(19)13(20)6-11(9)18/h2-4,6,10,14H,5,7,21H2,1H3/t10-,14+/m1/s1. The van der Waals surface area contributed by atoms with E-state index in [4.69, 9.17) is 5.73 Å². The van der Waals surface area contributed by atoms with Gasteiger partial charge in [-0.1, -0.05) is 0 Å². The zero-order valence-electron chi connectivity index (χ0n) is 12.9. The van der Waals surface area contributed by atoms with Gasteiger partial charge in [-0.2, -0.15) is 0 Å². The Bertz CT molecular complexity index is 951. The van der Waals surface area contributed by atoms with E-state index < -0.39 is 29.4 Å². The fourth-order valence-corrected chi connectivity index (χ4v) is 3.34. The maximum atomic E-state index is 14.1. The van der Waals surface area contributed by atoms with Crippen molar-refractivity contribution < 1.29 is 13.2 Å². The molecular formula is C17H15F3N4. The first-order valence-corrected chi connectivity index (χ1v) is 7.67. The molecular weight excluding hydrogens is 317 g/mol. The topological polar surface area (TPSA) is 56.7 Å². The fraction of sp³-hybridized carbons (Fsp3) is 0.294. The molecule has 1 aliphatic heterocycles. The number of hydrogen-bond acceptors (Lipinski definition) is 3. The fourth-order valence-electron chi connectivity index (χ4n) is 3.34. The lowest BCUT2D eigenvalue weighted by Gasteiger charge is -2.30. The molecule has 7 heteroatoms. The van der Waals surface area contributed by atoms with E-state index in [9.17, 15) is 13.2 Å². The van der Waals surface area contributed by atoms with Gasteiger partial charge in [-0.3, -0.25) is 0 Å². The van der Waals surface area contributed by atoms with E-state index in [0.717, 1.165) is 28.7 Å². The normalized spacial score (nSPS) is 20.4. The quantitative estimate of drug-likeness (QED) is 0.697. The van der Waals surface area contributed by atoms with E-state index >= 15 is 0 Å². The molecule has 4 nitrogen and oxygen atoms in total. The smallest absolute Gasteiger partial charge is 0.161 e. The number of imidazole rings is 1. The van der Waals surface area contributed by atoms with Gasteiger partial charge in [-0.25, -0.2) is 23.1 Å². The third-order valence-corrected chi connectivity index (χ3v) is 4.56. The highest BCUT2D eigenvalue weighted by Crippen LogP contribution is 2.33. The first kappa shape index (κ1) is 15.1. The number of nitrogens with zero attached hydrogens (tertiary/aromatic N) is 3. The molecule has 3 heterocycles. The number of halogens is 3. The lowest BCUT2D eigenvalue weighted by atomic mass is 9.86. The van der Waals surface area contributed by atoms with Crippen molar-refractivity contribution in [2.24, 2.45) is 5.73 Å². The van der Waals surface area contributed by atoms with Gasteiger partial charge in [0.15, 0.2) is 17.3 Å². The number of rotatable bonds is 1. The third-order valence-electron chi connectivity index (χ3n) is 4.56. The second kappa shape index (κ2) is 5.31. The molecule has 0 saturated heterocycles. The molecule has 0 saturated carbocycles. The third kappa shape index (κ3) is 2.27. The van der Waals surface area contributed by atoms with Gasteiger partial charge in [0, 0.05) is 36.7 Å². The molecule has 0 bridgehead atoms. The molecule has 0 unspecified atom stereocenters. The summed E-state index contributed by atoms with van der Waals surface area (Å²) in [6.45, 7) is 2.28. The van der Waals surface area contributed by atoms with Crippen LogP contribution < -0.4 is 5.73 Å². The van der Waals surface area contributed by atoms with E-state index in [0.29, 0.717) is 19.0 Å². The Balaban J connectivity index is 1.80. The number of aromatic nitrogens is 3. The molecule has 0 fully saturated rings. The molecule has 3 aromatic rings. The Hall–Kier alpha value is -2.41. The van der Waals surface area contributed by atoms with Crippen LogP contribution in [0, 0.1) is 24.4 Å². The number of pyridine rings is 1. The second-order valence-corrected chi connectivity index (χ2v) is 6.20. The highest BCUT2D eigenvalue weighted by Gasteiger charge is 2.32. The summed E-state index contributed by atoms with van der Waals surface area (Å²) in [4.78, 5) is 9.01. The van der Waals surface area contributed by atoms with Gasteiger partial charge < -0.3 is 10.3 Å². The number of nitrogens with two attached hydrogens (primary N) is 1. The lowest BCUT2D eigenvalue weighted by Crippen LogP contribution is -2.39. The summed E-state index contributed by atoms with van der Waals surface area (Å²) in [5.41, 5.74) is 8.65. The van der Waals surface area contributed by atoms with Crippen LogP contribution in [0.4, 0.5) is 13.2 Å². The van der Waals surface area contributed by atoms with Crippen molar-refractivity contribution in [3.63, 3.8) is 0 Å². The predicted octanol–water partition coefficient (Wildman–Crippen LogP) is 2.82. The Morgan fingerprint density at radius 2 is 1.83 bits per heavy atom. The number of hydrogen-bond donors (Lipinski definition) is 1. The molecule has 2 aromatic heterocycles. The van der Waals surface area contributed by atoms with E-state index in [1.165, 1.54) is 0 Å². The van der Waals surface area contributed by atoms with Gasteiger partial charge in [0.1, 0.15) is 17.2 Å². The van der Waals surface area contributed by atoms with Gasteiger partial charge in [0.05, 0.1) is 0 Å². The maximum absolute atomic E-state index is 14.1. The zero-order valence-corrected chi connectivity index (χ0v) is 12.9. The highest BCUT2D eigenvalue weighted by atomic mass is 19.2. The highest BCUT2D eigenvalue weighted by molar-refractivity contribution is 5.72. The summed E-state index contributed by atoms with van der Waals surface area (Å²) < 4.78 is 42.7. The minimum atomic E-state index is -1.20. The Morgan fingerprint density at radius 1 is 1.08 bits per heavy atom. The molecule has 4 rings (SSSR count). The zero-order chi connectivity index (χ0) is 17.0. The van der Waals surface area contributed by atoms with Crippen molar-refractivity contribution in [2.45, 2.75) is 31.8 Å². The minimum Gasteiger partial charge on any atom is -0.326 e. The van der Waals surface area contributed by atoms with Crippen LogP contribution in [-0.2, 0) is 13.0 Å². The lowest BCUT2D eigenvalue weighted by molar-refractivity contribution is 0.390. The summed E-state index contributed by atoms with van der Waals surface area (Å²) in [5.74, 6) is -2.81. The van der Waals surface area contributed by atoms with Gasteiger partial charge in [0.2, 0.25) is 0 Å².